The third kappa shape index (κ3) is 2.85. The van der Waals surface area contributed by atoms with E-state index in [1.54, 1.807) is 6.08 Å². The van der Waals surface area contributed by atoms with Gasteiger partial charge in [0.15, 0.2) is 0 Å². The van der Waals surface area contributed by atoms with Crippen molar-refractivity contribution in [3.05, 3.63) is 0 Å². The predicted octanol–water partition coefficient (Wildman–Crippen LogP) is 2.29. The molecule has 0 amide bonds. The maximum Gasteiger partial charge on any atom is 0.235 e. The summed E-state index contributed by atoms with van der Waals surface area (Å²) in [6, 6.07) is 0.269. The summed E-state index contributed by atoms with van der Waals surface area (Å²) in [5.41, 5.74) is 0. The molecule has 1 saturated carbocycles. The first-order valence-electron chi connectivity index (χ1n) is 4.40. The van der Waals surface area contributed by atoms with Gasteiger partial charge in [-0.1, -0.05) is 26.2 Å². The fourth-order valence-electron chi connectivity index (χ4n) is 1.76. The van der Waals surface area contributed by atoms with E-state index in [-0.39, 0.29) is 6.04 Å². The van der Waals surface area contributed by atoms with Crippen molar-refractivity contribution in [3.8, 4) is 0 Å². The molecular formula is C9H15NO. The van der Waals surface area contributed by atoms with Crippen LogP contribution in [0.1, 0.15) is 39.0 Å². The number of hydrogen-bond donors (Lipinski definition) is 0. The van der Waals surface area contributed by atoms with E-state index in [9.17, 15) is 4.79 Å². The maximum atomic E-state index is 10.0. The van der Waals surface area contributed by atoms with E-state index in [0.29, 0.717) is 0 Å². The molecule has 0 aliphatic heterocycles. The highest BCUT2D eigenvalue weighted by atomic mass is 16.1. The highest BCUT2D eigenvalue weighted by Gasteiger charge is 2.15. The van der Waals surface area contributed by atoms with Crippen LogP contribution >= 0.6 is 0 Å². The Morgan fingerprint density at radius 2 is 2.09 bits per heavy atom. The molecule has 0 spiro atoms. The summed E-state index contributed by atoms with van der Waals surface area (Å²) in [7, 11) is 0. The molecule has 1 rings (SSSR count). The van der Waals surface area contributed by atoms with Crippen LogP contribution in [0.4, 0.5) is 0 Å². The van der Waals surface area contributed by atoms with E-state index < -0.39 is 0 Å². The van der Waals surface area contributed by atoms with Crippen LogP contribution < -0.4 is 0 Å². The van der Waals surface area contributed by atoms with Crippen molar-refractivity contribution in [2.24, 2.45) is 10.9 Å². The lowest BCUT2D eigenvalue weighted by molar-refractivity contribution is 0.467. The molecule has 0 N–H and O–H groups in total. The third-order valence-electron chi connectivity index (χ3n) is 2.39. The van der Waals surface area contributed by atoms with Gasteiger partial charge in [-0.05, 0) is 18.8 Å². The monoisotopic (exact) mass is 153 g/mol. The molecule has 0 saturated heterocycles. The van der Waals surface area contributed by atoms with E-state index in [1.807, 2.05) is 0 Å². The van der Waals surface area contributed by atoms with Crippen molar-refractivity contribution in [1.29, 1.82) is 0 Å². The van der Waals surface area contributed by atoms with Crippen molar-refractivity contribution in [1.82, 2.24) is 0 Å². The van der Waals surface area contributed by atoms with Crippen LogP contribution in [0.5, 0.6) is 0 Å². The minimum Gasteiger partial charge on any atom is -0.211 e. The molecule has 2 atom stereocenters. The summed E-state index contributed by atoms with van der Waals surface area (Å²) >= 11 is 0. The highest BCUT2D eigenvalue weighted by Crippen LogP contribution is 2.24. The van der Waals surface area contributed by atoms with E-state index in [0.717, 1.165) is 18.8 Å². The molecule has 62 valence electrons. The lowest BCUT2D eigenvalue weighted by atomic mass is 10.0. The molecule has 1 aliphatic carbocycles. The van der Waals surface area contributed by atoms with Gasteiger partial charge in [0.2, 0.25) is 6.08 Å². The quantitative estimate of drug-likeness (QED) is 0.323. The Morgan fingerprint density at radius 1 is 1.36 bits per heavy atom. The fourth-order valence-corrected chi connectivity index (χ4v) is 1.76. The second kappa shape index (κ2) is 4.30. The normalized spacial score (nSPS) is 32.1. The van der Waals surface area contributed by atoms with Crippen molar-refractivity contribution < 1.29 is 4.79 Å². The van der Waals surface area contributed by atoms with Gasteiger partial charge in [0.25, 0.3) is 0 Å². The van der Waals surface area contributed by atoms with Crippen molar-refractivity contribution in [2.75, 3.05) is 0 Å². The molecule has 0 aromatic heterocycles. The van der Waals surface area contributed by atoms with Crippen LogP contribution in [-0.4, -0.2) is 12.1 Å². The molecule has 1 fully saturated rings. The average molecular weight is 153 g/mol. The van der Waals surface area contributed by atoms with Gasteiger partial charge >= 0.3 is 0 Å². The predicted molar refractivity (Wildman–Crippen MR) is 44.2 cm³/mol. The van der Waals surface area contributed by atoms with E-state index in [1.165, 1.54) is 19.3 Å². The minimum absolute atomic E-state index is 0.269. The zero-order valence-electron chi connectivity index (χ0n) is 7.05. The first kappa shape index (κ1) is 8.48. The number of nitrogens with zero attached hydrogens (tertiary/aromatic N) is 1. The van der Waals surface area contributed by atoms with Crippen molar-refractivity contribution >= 4 is 6.08 Å². The zero-order chi connectivity index (χ0) is 8.10. The van der Waals surface area contributed by atoms with Crippen molar-refractivity contribution in [2.45, 2.75) is 45.1 Å². The zero-order valence-corrected chi connectivity index (χ0v) is 7.05. The molecule has 2 unspecified atom stereocenters. The molecule has 2 nitrogen and oxygen atoms in total. The number of hydrogen-bond acceptors (Lipinski definition) is 2. The van der Waals surface area contributed by atoms with Crippen LogP contribution in [0.25, 0.3) is 0 Å². The first-order valence-corrected chi connectivity index (χ1v) is 4.40. The van der Waals surface area contributed by atoms with E-state index in [4.69, 9.17) is 0 Å². The van der Waals surface area contributed by atoms with Crippen LogP contribution in [0.3, 0.4) is 0 Å². The molecular weight excluding hydrogens is 138 g/mol. The Balaban J connectivity index is 2.45. The Hall–Kier alpha value is -0.620. The molecule has 11 heavy (non-hydrogen) atoms. The summed E-state index contributed by atoms with van der Waals surface area (Å²) in [5, 5.41) is 0. The maximum absolute atomic E-state index is 10.0. The summed E-state index contributed by atoms with van der Waals surface area (Å²) in [5.74, 6) is 0.736. The van der Waals surface area contributed by atoms with E-state index >= 15 is 0 Å². The molecule has 0 radical (unpaired) electrons. The molecule has 0 bridgehead atoms. The molecule has 0 aromatic rings. The largest absolute Gasteiger partial charge is 0.235 e. The van der Waals surface area contributed by atoms with Gasteiger partial charge in [-0.15, -0.1) is 0 Å². The van der Waals surface area contributed by atoms with Gasteiger partial charge in [-0.2, -0.15) is 0 Å². The standard InChI is InChI=1S/C9H15NO/c1-8-4-2-3-5-9(6-8)10-7-11/h8-9H,2-6H2,1H3. The second-order valence-corrected chi connectivity index (χ2v) is 3.50. The summed E-state index contributed by atoms with van der Waals surface area (Å²) in [6.45, 7) is 2.23. The van der Waals surface area contributed by atoms with E-state index in [2.05, 4.69) is 11.9 Å². The van der Waals surface area contributed by atoms with Gasteiger partial charge in [0.1, 0.15) is 0 Å². The van der Waals surface area contributed by atoms with Crippen LogP contribution in [0.2, 0.25) is 0 Å². The number of carbonyl (C=O) groups excluding carboxylic acids is 1. The van der Waals surface area contributed by atoms with Crippen LogP contribution in [0, 0.1) is 5.92 Å². The first-order chi connectivity index (χ1) is 5.33. The summed E-state index contributed by atoms with van der Waals surface area (Å²) in [6.07, 6.45) is 7.64. The molecule has 0 heterocycles. The average Bonchev–Trinajstić information content (AvgIpc) is 2.15. The molecule has 1 aliphatic rings. The smallest absolute Gasteiger partial charge is 0.211 e. The lowest BCUT2D eigenvalue weighted by Crippen LogP contribution is -2.05. The van der Waals surface area contributed by atoms with Crippen molar-refractivity contribution in [3.63, 3.8) is 0 Å². The van der Waals surface area contributed by atoms with Gasteiger partial charge in [-0.3, -0.25) is 0 Å². The Labute approximate surface area is 67.7 Å². The fraction of sp³-hybridized carbons (Fsp3) is 0.889. The second-order valence-electron chi connectivity index (χ2n) is 3.50. The Morgan fingerprint density at radius 3 is 2.82 bits per heavy atom. The molecule has 0 aromatic carbocycles. The highest BCUT2D eigenvalue weighted by molar-refractivity contribution is 5.33. The number of aliphatic imine (C=N–C) groups is 1. The lowest BCUT2D eigenvalue weighted by Gasteiger charge is -2.09. The van der Waals surface area contributed by atoms with Crippen LogP contribution in [0.15, 0.2) is 4.99 Å². The minimum atomic E-state index is 0.269. The van der Waals surface area contributed by atoms with Gasteiger partial charge < -0.3 is 0 Å². The number of isocyanates is 1. The SMILES string of the molecule is CC1CCCCC(N=C=O)C1. The van der Waals surface area contributed by atoms with Gasteiger partial charge in [0.05, 0.1) is 6.04 Å². The van der Waals surface area contributed by atoms with Crippen LogP contribution in [-0.2, 0) is 4.79 Å². The summed E-state index contributed by atoms with van der Waals surface area (Å²) < 4.78 is 0. The Bertz CT molecular complexity index is 161. The Kier molecular flexibility index (Phi) is 3.31. The van der Waals surface area contributed by atoms with Gasteiger partial charge in [-0.25, -0.2) is 9.79 Å². The topological polar surface area (TPSA) is 29.4 Å². The third-order valence-corrected chi connectivity index (χ3v) is 2.39. The molecule has 2 heteroatoms. The van der Waals surface area contributed by atoms with Gasteiger partial charge in [0, 0.05) is 0 Å². The summed E-state index contributed by atoms with van der Waals surface area (Å²) in [4.78, 5) is 13.8. The number of rotatable bonds is 1.